The molecule has 2 aromatic rings. The Morgan fingerprint density at radius 3 is 3.00 bits per heavy atom. The van der Waals surface area contributed by atoms with Gasteiger partial charge in [-0.25, -0.2) is 4.98 Å². The Kier molecular flexibility index (Phi) is 4.65. The predicted molar refractivity (Wildman–Crippen MR) is 86.7 cm³/mol. The van der Waals surface area contributed by atoms with Gasteiger partial charge in [-0.15, -0.1) is 0 Å². The number of hydrogen-bond donors (Lipinski definition) is 1. The van der Waals surface area contributed by atoms with Crippen LogP contribution in [0.4, 0.5) is 0 Å². The molecule has 23 heavy (non-hydrogen) atoms. The number of aryl methyl sites for hydroxylation is 2. The summed E-state index contributed by atoms with van der Waals surface area (Å²) < 4.78 is 11.3. The van der Waals surface area contributed by atoms with Crippen LogP contribution < -0.4 is 10.1 Å². The lowest BCUT2D eigenvalue weighted by Crippen LogP contribution is -2.30. The number of aromatic nitrogens is 1. The van der Waals surface area contributed by atoms with Crippen molar-refractivity contribution in [3.05, 3.63) is 47.2 Å². The zero-order chi connectivity index (χ0) is 16.2. The number of amides is 1. The number of oxazole rings is 1. The van der Waals surface area contributed by atoms with Crippen molar-refractivity contribution in [1.82, 2.24) is 10.3 Å². The first-order chi connectivity index (χ1) is 11.2. The molecule has 1 aliphatic heterocycles. The molecule has 1 amide bonds. The van der Waals surface area contributed by atoms with Crippen LogP contribution in [0.1, 0.15) is 41.0 Å². The molecule has 0 bridgehead atoms. The maximum absolute atomic E-state index is 12.3. The average Bonchev–Trinajstić information content (AvgIpc) is 2.82. The topological polar surface area (TPSA) is 64.4 Å². The molecule has 122 valence electrons. The molecule has 0 aliphatic carbocycles. The summed E-state index contributed by atoms with van der Waals surface area (Å²) in [4.78, 5) is 16.5. The van der Waals surface area contributed by atoms with Crippen molar-refractivity contribution in [2.24, 2.45) is 5.92 Å². The maximum Gasteiger partial charge on any atom is 0.289 e. The van der Waals surface area contributed by atoms with Gasteiger partial charge in [0.15, 0.2) is 5.89 Å². The second-order valence-corrected chi connectivity index (χ2v) is 5.90. The molecular formula is C18H22N2O3. The van der Waals surface area contributed by atoms with E-state index in [4.69, 9.17) is 9.15 Å². The van der Waals surface area contributed by atoms with Crippen LogP contribution in [-0.4, -0.2) is 24.0 Å². The van der Waals surface area contributed by atoms with Gasteiger partial charge < -0.3 is 14.5 Å². The van der Waals surface area contributed by atoms with Gasteiger partial charge in [0.25, 0.3) is 5.91 Å². The van der Waals surface area contributed by atoms with E-state index in [9.17, 15) is 4.79 Å². The lowest BCUT2D eigenvalue weighted by molar-refractivity contribution is 0.0915. The molecule has 1 unspecified atom stereocenters. The van der Waals surface area contributed by atoms with E-state index >= 15 is 0 Å². The summed E-state index contributed by atoms with van der Waals surface area (Å²) >= 11 is 0. The third kappa shape index (κ3) is 3.55. The van der Waals surface area contributed by atoms with Crippen LogP contribution in [-0.2, 0) is 12.8 Å². The van der Waals surface area contributed by atoms with Crippen LogP contribution >= 0.6 is 0 Å². The molecule has 2 heterocycles. The highest BCUT2D eigenvalue weighted by Crippen LogP contribution is 2.26. The van der Waals surface area contributed by atoms with Gasteiger partial charge in [0.2, 0.25) is 5.76 Å². The highest BCUT2D eigenvalue weighted by Gasteiger charge is 2.21. The second-order valence-electron chi connectivity index (χ2n) is 5.90. The van der Waals surface area contributed by atoms with Crippen LogP contribution in [0.3, 0.4) is 0 Å². The van der Waals surface area contributed by atoms with Gasteiger partial charge in [-0.05, 0) is 37.3 Å². The van der Waals surface area contributed by atoms with E-state index in [1.807, 2.05) is 25.1 Å². The minimum atomic E-state index is -0.187. The third-order valence-corrected chi connectivity index (χ3v) is 4.17. The largest absolute Gasteiger partial charge is 0.493 e. The summed E-state index contributed by atoms with van der Waals surface area (Å²) in [7, 11) is 0. The first-order valence-electron chi connectivity index (χ1n) is 8.12. The molecular weight excluding hydrogens is 292 g/mol. The van der Waals surface area contributed by atoms with Crippen LogP contribution in [0.2, 0.25) is 0 Å². The van der Waals surface area contributed by atoms with Gasteiger partial charge in [0.05, 0.1) is 12.3 Å². The Bertz CT molecular complexity index is 693. The molecule has 1 N–H and O–H groups in total. The maximum atomic E-state index is 12.3. The fourth-order valence-corrected chi connectivity index (χ4v) is 2.87. The highest BCUT2D eigenvalue weighted by atomic mass is 16.5. The Hall–Kier alpha value is -2.30. The molecule has 1 aliphatic rings. The predicted octanol–water partition coefficient (Wildman–Crippen LogP) is 2.92. The average molecular weight is 314 g/mol. The van der Waals surface area contributed by atoms with Crippen molar-refractivity contribution in [1.29, 1.82) is 0 Å². The molecule has 1 atom stereocenters. The van der Waals surface area contributed by atoms with Crippen molar-refractivity contribution in [2.75, 3.05) is 13.2 Å². The lowest BCUT2D eigenvalue weighted by atomic mass is 9.97. The summed E-state index contributed by atoms with van der Waals surface area (Å²) in [5.41, 5.74) is 1.85. The Labute approximate surface area is 136 Å². The normalized spacial score (nSPS) is 17.0. The number of rotatable bonds is 4. The summed E-state index contributed by atoms with van der Waals surface area (Å²) in [5.74, 6) is 2.06. The molecule has 5 heteroatoms. The van der Waals surface area contributed by atoms with Crippen LogP contribution in [0.15, 0.2) is 28.7 Å². The van der Waals surface area contributed by atoms with E-state index in [1.165, 1.54) is 5.56 Å². The quantitative estimate of drug-likeness (QED) is 0.942. The number of nitrogens with zero attached hydrogens (tertiary/aromatic N) is 1. The molecule has 3 rings (SSSR count). The number of carbonyl (C=O) groups is 1. The van der Waals surface area contributed by atoms with E-state index in [-0.39, 0.29) is 5.91 Å². The smallest absolute Gasteiger partial charge is 0.289 e. The number of fused-ring (bicyclic) bond motifs is 1. The molecule has 1 aromatic heterocycles. The number of para-hydroxylation sites is 1. The zero-order valence-electron chi connectivity index (χ0n) is 13.6. The number of benzene rings is 1. The van der Waals surface area contributed by atoms with Crippen molar-refractivity contribution in [3.8, 4) is 5.75 Å². The number of nitrogens with one attached hydrogen (secondary N) is 1. The van der Waals surface area contributed by atoms with E-state index < -0.39 is 0 Å². The van der Waals surface area contributed by atoms with Crippen molar-refractivity contribution in [3.63, 3.8) is 0 Å². The molecule has 0 fully saturated rings. The van der Waals surface area contributed by atoms with Crippen molar-refractivity contribution in [2.45, 2.75) is 33.1 Å². The summed E-state index contributed by atoms with van der Waals surface area (Å²) in [6.07, 6.45) is 2.52. The standard InChI is InChI=1S/C18H22N2O3/c1-3-16-20-12(2)17(23-16)18(21)19-11-13-8-9-22-15-7-5-4-6-14(15)10-13/h4-7,13H,3,8-11H2,1-2H3,(H,19,21). The van der Waals surface area contributed by atoms with Gasteiger partial charge in [-0.3, -0.25) is 4.79 Å². The fraction of sp³-hybridized carbons (Fsp3) is 0.444. The van der Waals surface area contributed by atoms with Crippen molar-refractivity contribution >= 4 is 5.91 Å². The van der Waals surface area contributed by atoms with E-state index in [0.29, 0.717) is 42.8 Å². The van der Waals surface area contributed by atoms with Gasteiger partial charge in [-0.1, -0.05) is 25.1 Å². The number of ether oxygens (including phenoxy) is 1. The Morgan fingerprint density at radius 1 is 1.39 bits per heavy atom. The molecule has 1 aromatic carbocycles. The Morgan fingerprint density at radius 2 is 2.22 bits per heavy atom. The third-order valence-electron chi connectivity index (χ3n) is 4.17. The highest BCUT2D eigenvalue weighted by molar-refractivity contribution is 5.92. The Balaban J connectivity index is 1.61. The minimum Gasteiger partial charge on any atom is -0.493 e. The number of carbonyl (C=O) groups excluding carboxylic acids is 1. The molecule has 0 saturated heterocycles. The monoisotopic (exact) mass is 314 g/mol. The first kappa shape index (κ1) is 15.6. The van der Waals surface area contributed by atoms with Crippen molar-refractivity contribution < 1.29 is 13.9 Å². The van der Waals surface area contributed by atoms with Gasteiger partial charge in [0, 0.05) is 13.0 Å². The van der Waals surface area contributed by atoms with Crippen LogP contribution in [0.5, 0.6) is 5.75 Å². The summed E-state index contributed by atoms with van der Waals surface area (Å²) in [6.45, 7) is 5.04. The van der Waals surface area contributed by atoms with Crippen LogP contribution in [0.25, 0.3) is 0 Å². The van der Waals surface area contributed by atoms with Gasteiger partial charge in [0.1, 0.15) is 5.75 Å². The molecule has 0 saturated carbocycles. The van der Waals surface area contributed by atoms with E-state index in [0.717, 1.165) is 18.6 Å². The second kappa shape index (κ2) is 6.86. The van der Waals surface area contributed by atoms with E-state index in [2.05, 4.69) is 16.4 Å². The van der Waals surface area contributed by atoms with Gasteiger partial charge in [-0.2, -0.15) is 0 Å². The minimum absolute atomic E-state index is 0.187. The SMILES string of the molecule is CCc1nc(C)c(C(=O)NCC2CCOc3ccccc3C2)o1. The van der Waals surface area contributed by atoms with Crippen LogP contribution in [0, 0.1) is 12.8 Å². The fourth-order valence-electron chi connectivity index (χ4n) is 2.87. The van der Waals surface area contributed by atoms with Gasteiger partial charge >= 0.3 is 0 Å². The lowest BCUT2D eigenvalue weighted by Gasteiger charge is -2.14. The molecule has 5 nitrogen and oxygen atoms in total. The molecule has 0 spiro atoms. The zero-order valence-corrected chi connectivity index (χ0v) is 13.6. The summed E-state index contributed by atoms with van der Waals surface area (Å²) in [5, 5.41) is 2.98. The van der Waals surface area contributed by atoms with E-state index in [1.54, 1.807) is 6.92 Å². The molecule has 0 radical (unpaired) electrons. The number of hydrogen-bond acceptors (Lipinski definition) is 4. The summed E-state index contributed by atoms with van der Waals surface area (Å²) in [6, 6.07) is 8.09. The first-order valence-corrected chi connectivity index (χ1v) is 8.12.